The van der Waals surface area contributed by atoms with E-state index in [1.54, 1.807) is 12.1 Å². The van der Waals surface area contributed by atoms with Crippen molar-refractivity contribution in [3.8, 4) is 0 Å². The normalized spacial score (nSPS) is 11.5. The van der Waals surface area contributed by atoms with Crippen LogP contribution in [0.2, 0.25) is 0 Å². The summed E-state index contributed by atoms with van der Waals surface area (Å²) < 4.78 is 5.10. The zero-order valence-corrected chi connectivity index (χ0v) is 12.4. The van der Waals surface area contributed by atoms with Gasteiger partial charge in [-0.15, -0.1) is 0 Å². The topological polar surface area (TPSA) is 102 Å². The maximum atomic E-state index is 12.0. The summed E-state index contributed by atoms with van der Waals surface area (Å²) >= 11 is 0. The number of aliphatic hydroxyl groups excluding tert-OH is 1. The second-order valence-electron chi connectivity index (χ2n) is 4.92. The number of ether oxygens (including phenoxy) is 1. The minimum atomic E-state index is -1.12. The lowest BCUT2D eigenvalue weighted by Gasteiger charge is -2.15. The van der Waals surface area contributed by atoms with Crippen LogP contribution in [0, 0.1) is 0 Å². The van der Waals surface area contributed by atoms with Crippen LogP contribution >= 0.6 is 0 Å². The molecule has 0 heterocycles. The zero-order valence-electron chi connectivity index (χ0n) is 12.4. The Morgan fingerprint density at radius 1 is 1.09 bits per heavy atom. The van der Waals surface area contributed by atoms with E-state index < -0.39 is 24.5 Å². The Labute approximate surface area is 133 Å². The summed E-state index contributed by atoms with van der Waals surface area (Å²) in [5, 5.41) is 11.7. The molecule has 2 rings (SSSR count). The molecule has 0 saturated carbocycles. The lowest BCUT2D eigenvalue weighted by molar-refractivity contribution is -0.148. The molecule has 0 saturated heterocycles. The minimum absolute atomic E-state index is 0.0773. The van der Waals surface area contributed by atoms with Crippen molar-refractivity contribution in [2.45, 2.75) is 12.6 Å². The van der Waals surface area contributed by atoms with Crippen molar-refractivity contribution in [2.24, 2.45) is 0 Å². The average Bonchev–Trinajstić information content (AvgIpc) is 2.59. The van der Waals surface area contributed by atoms with Crippen LogP contribution in [-0.2, 0) is 16.1 Å². The van der Waals surface area contributed by atoms with Crippen molar-refractivity contribution < 1.29 is 19.4 Å². The van der Waals surface area contributed by atoms with Gasteiger partial charge in [0.15, 0.2) is 6.04 Å². The maximum absolute atomic E-state index is 12.0. The number of esters is 1. The number of amides is 1. The van der Waals surface area contributed by atoms with Crippen molar-refractivity contribution >= 4 is 17.6 Å². The van der Waals surface area contributed by atoms with Gasteiger partial charge in [0.1, 0.15) is 6.61 Å². The van der Waals surface area contributed by atoms with Gasteiger partial charge in [-0.05, 0) is 29.8 Å². The second-order valence-corrected chi connectivity index (χ2v) is 4.92. The third-order valence-corrected chi connectivity index (χ3v) is 3.17. The van der Waals surface area contributed by atoms with Crippen LogP contribution < -0.4 is 11.1 Å². The molecule has 2 aromatic carbocycles. The highest BCUT2D eigenvalue weighted by atomic mass is 16.5. The Balaban J connectivity index is 1.92. The van der Waals surface area contributed by atoms with E-state index in [2.05, 4.69) is 5.32 Å². The minimum Gasteiger partial charge on any atom is -0.459 e. The molecule has 0 bridgehead atoms. The summed E-state index contributed by atoms with van der Waals surface area (Å²) in [6, 6.07) is 14.3. The van der Waals surface area contributed by atoms with Crippen molar-refractivity contribution in [1.29, 1.82) is 0 Å². The molecule has 6 heteroatoms. The maximum Gasteiger partial charge on any atom is 0.331 e. The van der Waals surface area contributed by atoms with E-state index in [0.29, 0.717) is 11.3 Å². The van der Waals surface area contributed by atoms with E-state index in [9.17, 15) is 14.7 Å². The van der Waals surface area contributed by atoms with E-state index in [0.717, 1.165) is 5.56 Å². The number of nitrogen functional groups attached to an aromatic ring is 1. The molecule has 0 aliphatic carbocycles. The Morgan fingerprint density at radius 3 is 2.35 bits per heavy atom. The number of carbonyl (C=O) groups is 2. The van der Waals surface area contributed by atoms with Crippen LogP contribution in [0.1, 0.15) is 15.9 Å². The molecule has 0 aliphatic heterocycles. The number of nitrogens with one attached hydrogen (secondary N) is 1. The lowest BCUT2D eigenvalue weighted by atomic mass is 10.2. The predicted octanol–water partition coefficient (Wildman–Crippen LogP) is 1.10. The fraction of sp³-hybridized carbons (Fsp3) is 0.176. The molecule has 0 radical (unpaired) electrons. The molecule has 0 aromatic heterocycles. The summed E-state index contributed by atoms with van der Waals surface area (Å²) in [7, 11) is 0. The van der Waals surface area contributed by atoms with Crippen molar-refractivity contribution in [3.05, 3.63) is 65.7 Å². The number of anilines is 1. The first-order valence-electron chi connectivity index (χ1n) is 7.08. The molecule has 1 amide bonds. The van der Waals surface area contributed by atoms with Crippen LogP contribution in [0.5, 0.6) is 0 Å². The third kappa shape index (κ3) is 4.82. The summed E-state index contributed by atoms with van der Waals surface area (Å²) in [4.78, 5) is 24.0. The number of carbonyl (C=O) groups excluding carboxylic acids is 2. The molecule has 0 fully saturated rings. The Bertz CT molecular complexity index is 656. The van der Waals surface area contributed by atoms with Crippen LogP contribution in [0.15, 0.2) is 54.6 Å². The molecule has 2 aromatic rings. The monoisotopic (exact) mass is 314 g/mol. The van der Waals surface area contributed by atoms with Crippen LogP contribution in [0.25, 0.3) is 0 Å². The molecule has 1 atom stereocenters. The van der Waals surface area contributed by atoms with Crippen molar-refractivity contribution in [1.82, 2.24) is 5.32 Å². The zero-order chi connectivity index (χ0) is 16.7. The molecule has 6 nitrogen and oxygen atoms in total. The summed E-state index contributed by atoms with van der Waals surface area (Å²) in [6.07, 6.45) is 0. The number of benzene rings is 2. The van der Waals surface area contributed by atoms with E-state index >= 15 is 0 Å². The van der Waals surface area contributed by atoms with Crippen LogP contribution in [-0.4, -0.2) is 29.6 Å². The van der Waals surface area contributed by atoms with E-state index in [4.69, 9.17) is 10.5 Å². The van der Waals surface area contributed by atoms with Gasteiger partial charge < -0.3 is 20.9 Å². The SMILES string of the molecule is Nc1ccc(C(=O)N[C@@H](CO)C(=O)OCc2ccccc2)cc1. The summed E-state index contributed by atoms with van der Waals surface area (Å²) in [6.45, 7) is -0.470. The number of hydrogen-bond acceptors (Lipinski definition) is 5. The Kier molecular flexibility index (Phi) is 5.71. The molecule has 0 spiro atoms. The van der Waals surface area contributed by atoms with Crippen molar-refractivity contribution in [3.63, 3.8) is 0 Å². The third-order valence-electron chi connectivity index (χ3n) is 3.17. The van der Waals surface area contributed by atoms with Gasteiger partial charge in [-0.1, -0.05) is 30.3 Å². The van der Waals surface area contributed by atoms with Crippen molar-refractivity contribution in [2.75, 3.05) is 12.3 Å². The molecule has 23 heavy (non-hydrogen) atoms. The van der Waals surface area contributed by atoms with Gasteiger partial charge in [-0.2, -0.15) is 0 Å². The fourth-order valence-electron chi connectivity index (χ4n) is 1.88. The number of aliphatic hydroxyl groups is 1. The Morgan fingerprint density at radius 2 is 1.74 bits per heavy atom. The lowest BCUT2D eigenvalue weighted by Crippen LogP contribution is -2.44. The van der Waals surface area contributed by atoms with Gasteiger partial charge in [-0.3, -0.25) is 4.79 Å². The highest BCUT2D eigenvalue weighted by Crippen LogP contribution is 2.06. The van der Waals surface area contributed by atoms with Crippen LogP contribution in [0.3, 0.4) is 0 Å². The first-order chi connectivity index (χ1) is 11.1. The molecule has 0 unspecified atom stereocenters. The van der Waals surface area contributed by atoms with E-state index in [1.807, 2.05) is 30.3 Å². The first kappa shape index (κ1) is 16.5. The Hall–Kier alpha value is -2.86. The van der Waals surface area contributed by atoms with Gasteiger partial charge in [0.05, 0.1) is 6.61 Å². The van der Waals surface area contributed by atoms with Gasteiger partial charge >= 0.3 is 5.97 Å². The quantitative estimate of drug-likeness (QED) is 0.547. The van der Waals surface area contributed by atoms with Gasteiger partial charge in [0.25, 0.3) is 5.91 Å². The summed E-state index contributed by atoms with van der Waals surface area (Å²) in [5.41, 5.74) is 7.24. The van der Waals surface area contributed by atoms with Gasteiger partial charge in [0, 0.05) is 11.3 Å². The van der Waals surface area contributed by atoms with E-state index in [1.165, 1.54) is 12.1 Å². The highest BCUT2D eigenvalue weighted by Gasteiger charge is 2.22. The molecule has 4 N–H and O–H groups in total. The number of rotatable bonds is 6. The number of hydrogen-bond donors (Lipinski definition) is 3. The second kappa shape index (κ2) is 7.95. The molecular formula is C17H18N2O4. The smallest absolute Gasteiger partial charge is 0.331 e. The fourth-order valence-corrected chi connectivity index (χ4v) is 1.88. The predicted molar refractivity (Wildman–Crippen MR) is 85.4 cm³/mol. The summed E-state index contributed by atoms with van der Waals surface area (Å²) in [5.74, 6) is -1.18. The molecule has 0 aliphatic rings. The first-order valence-corrected chi connectivity index (χ1v) is 7.08. The van der Waals surface area contributed by atoms with Gasteiger partial charge in [-0.25, -0.2) is 4.79 Å². The van der Waals surface area contributed by atoms with E-state index in [-0.39, 0.29) is 6.61 Å². The van der Waals surface area contributed by atoms with Gasteiger partial charge in [0.2, 0.25) is 0 Å². The number of nitrogens with two attached hydrogens (primary N) is 1. The molecular weight excluding hydrogens is 296 g/mol. The van der Waals surface area contributed by atoms with Crippen LogP contribution in [0.4, 0.5) is 5.69 Å². The standard InChI is InChI=1S/C17H18N2O4/c18-14-8-6-13(7-9-14)16(21)19-15(10-20)17(22)23-11-12-4-2-1-3-5-12/h1-9,15,20H,10-11,18H2,(H,19,21)/t15-/m0/s1. The molecule has 120 valence electrons. The largest absolute Gasteiger partial charge is 0.459 e. The average molecular weight is 314 g/mol. The highest BCUT2D eigenvalue weighted by molar-refractivity contribution is 5.97.